The van der Waals surface area contributed by atoms with Crippen LogP contribution in [-0.4, -0.2) is 33.5 Å². The summed E-state index contributed by atoms with van der Waals surface area (Å²) in [5, 5.41) is 11.2. The van der Waals surface area contributed by atoms with E-state index in [1.54, 1.807) is 0 Å². The lowest BCUT2D eigenvalue weighted by atomic mass is 10.0. The predicted molar refractivity (Wildman–Crippen MR) is 64.4 cm³/mol. The first kappa shape index (κ1) is 14.0. The molecule has 7 heteroatoms. The number of H-pyrrole nitrogens is 2. The van der Waals surface area contributed by atoms with E-state index in [2.05, 4.69) is 15.3 Å². The van der Waals surface area contributed by atoms with E-state index in [0.717, 1.165) is 0 Å². The number of rotatable bonds is 7. The molecule has 0 saturated heterocycles. The topological polar surface area (TPSA) is 115 Å². The minimum absolute atomic E-state index is 0.139. The van der Waals surface area contributed by atoms with E-state index in [-0.39, 0.29) is 23.9 Å². The van der Waals surface area contributed by atoms with Crippen LogP contribution >= 0.6 is 0 Å². The van der Waals surface area contributed by atoms with Gasteiger partial charge in [0.25, 0.3) is 5.91 Å². The molecule has 1 amide bonds. The smallest absolute Gasteiger partial charge is 0.323 e. The first-order valence-corrected chi connectivity index (χ1v) is 5.76. The summed E-state index contributed by atoms with van der Waals surface area (Å²) in [6.07, 6.45) is 2.74. The van der Waals surface area contributed by atoms with E-state index in [9.17, 15) is 14.4 Å². The first-order valence-electron chi connectivity index (χ1n) is 5.76. The lowest BCUT2D eigenvalue weighted by Gasteiger charge is -2.10. The average molecular weight is 255 g/mol. The molecule has 0 aliphatic heterocycles. The van der Waals surface area contributed by atoms with E-state index in [0.29, 0.717) is 19.4 Å². The van der Waals surface area contributed by atoms with Crippen molar-refractivity contribution in [1.29, 1.82) is 0 Å². The Morgan fingerprint density at radius 3 is 2.72 bits per heavy atom. The second-order valence-electron chi connectivity index (χ2n) is 4.24. The largest absolute Gasteiger partial charge is 0.481 e. The number of amides is 1. The van der Waals surface area contributed by atoms with Gasteiger partial charge in [-0.05, 0) is 18.8 Å². The third-order valence-electron chi connectivity index (χ3n) is 2.61. The van der Waals surface area contributed by atoms with Crippen LogP contribution in [0.1, 0.15) is 36.7 Å². The number of aromatic amines is 2. The Bertz CT molecular complexity index is 463. The molecule has 0 spiro atoms. The number of aromatic nitrogens is 2. The van der Waals surface area contributed by atoms with Crippen LogP contribution in [0.15, 0.2) is 11.0 Å². The van der Waals surface area contributed by atoms with Crippen molar-refractivity contribution in [2.24, 2.45) is 5.92 Å². The standard InChI is InChI=1S/C11H17N3O4/c1-7(2-3-9(15)16)4-5-12-10(17)8-6-13-11(18)14-8/h6-7H,2-5H2,1H3,(H,12,17)(H,15,16)(H2,13,14,18). The molecule has 100 valence electrons. The van der Waals surface area contributed by atoms with Crippen LogP contribution in [0.3, 0.4) is 0 Å². The molecule has 0 aliphatic carbocycles. The third kappa shape index (κ3) is 4.86. The number of nitrogens with one attached hydrogen (secondary N) is 3. The molecule has 4 N–H and O–H groups in total. The lowest BCUT2D eigenvalue weighted by Crippen LogP contribution is -2.26. The quantitative estimate of drug-likeness (QED) is 0.561. The Morgan fingerprint density at radius 2 is 2.17 bits per heavy atom. The van der Waals surface area contributed by atoms with Gasteiger partial charge in [-0.15, -0.1) is 0 Å². The number of hydrogen-bond acceptors (Lipinski definition) is 3. The van der Waals surface area contributed by atoms with Gasteiger partial charge in [0.15, 0.2) is 0 Å². The molecule has 1 rings (SSSR count). The molecule has 1 atom stereocenters. The molecule has 0 radical (unpaired) electrons. The fourth-order valence-corrected chi connectivity index (χ4v) is 1.50. The van der Waals surface area contributed by atoms with Gasteiger partial charge in [0.05, 0.1) is 0 Å². The molecule has 7 nitrogen and oxygen atoms in total. The van der Waals surface area contributed by atoms with Crippen LogP contribution in [-0.2, 0) is 4.79 Å². The molecule has 0 bridgehead atoms. The van der Waals surface area contributed by atoms with Gasteiger partial charge in [0, 0.05) is 19.2 Å². The lowest BCUT2D eigenvalue weighted by molar-refractivity contribution is -0.137. The molecule has 1 unspecified atom stereocenters. The average Bonchev–Trinajstić information content (AvgIpc) is 2.73. The predicted octanol–water partition coefficient (Wildman–Crippen LogP) is 0.324. The van der Waals surface area contributed by atoms with Gasteiger partial charge in [-0.25, -0.2) is 4.79 Å². The Balaban J connectivity index is 2.23. The SMILES string of the molecule is CC(CCNC(=O)c1c[nH]c(=O)[nH]1)CCC(=O)O. The molecule has 1 aromatic rings. The van der Waals surface area contributed by atoms with Crippen molar-refractivity contribution >= 4 is 11.9 Å². The van der Waals surface area contributed by atoms with Crippen molar-refractivity contribution in [2.75, 3.05) is 6.54 Å². The van der Waals surface area contributed by atoms with Crippen LogP contribution in [0.4, 0.5) is 0 Å². The molecule has 1 heterocycles. The van der Waals surface area contributed by atoms with Gasteiger partial charge < -0.3 is 20.4 Å². The van der Waals surface area contributed by atoms with Crippen LogP contribution in [0.2, 0.25) is 0 Å². The van der Waals surface area contributed by atoms with E-state index in [4.69, 9.17) is 5.11 Å². The Morgan fingerprint density at radius 1 is 1.44 bits per heavy atom. The minimum Gasteiger partial charge on any atom is -0.481 e. The molecule has 18 heavy (non-hydrogen) atoms. The zero-order valence-corrected chi connectivity index (χ0v) is 10.2. The van der Waals surface area contributed by atoms with E-state index in [1.807, 2.05) is 6.92 Å². The zero-order chi connectivity index (χ0) is 13.5. The molecule has 0 aromatic carbocycles. The van der Waals surface area contributed by atoms with Crippen LogP contribution in [0, 0.1) is 5.92 Å². The van der Waals surface area contributed by atoms with E-state index in [1.165, 1.54) is 6.20 Å². The van der Waals surface area contributed by atoms with Gasteiger partial charge in [-0.1, -0.05) is 6.92 Å². The van der Waals surface area contributed by atoms with E-state index < -0.39 is 11.7 Å². The number of imidazole rings is 1. The highest BCUT2D eigenvalue weighted by Gasteiger charge is 2.09. The summed E-state index contributed by atoms with van der Waals surface area (Å²) >= 11 is 0. The normalized spacial score (nSPS) is 12.1. The van der Waals surface area contributed by atoms with Crippen LogP contribution < -0.4 is 11.0 Å². The summed E-state index contributed by atoms with van der Waals surface area (Å²) in [5.74, 6) is -0.929. The van der Waals surface area contributed by atoms with Crippen molar-refractivity contribution in [2.45, 2.75) is 26.2 Å². The van der Waals surface area contributed by atoms with Crippen molar-refractivity contribution in [3.63, 3.8) is 0 Å². The van der Waals surface area contributed by atoms with Gasteiger partial charge >= 0.3 is 11.7 Å². The van der Waals surface area contributed by atoms with Crippen molar-refractivity contribution < 1.29 is 14.7 Å². The Hall–Kier alpha value is -2.05. The monoisotopic (exact) mass is 255 g/mol. The van der Waals surface area contributed by atoms with Crippen molar-refractivity contribution in [1.82, 2.24) is 15.3 Å². The number of carbonyl (C=O) groups excluding carboxylic acids is 1. The number of carboxylic acid groups (broad SMARTS) is 1. The fraction of sp³-hybridized carbons (Fsp3) is 0.545. The summed E-state index contributed by atoms with van der Waals surface area (Å²) in [7, 11) is 0. The number of carbonyl (C=O) groups is 2. The first-order chi connectivity index (χ1) is 8.49. The van der Waals surface area contributed by atoms with Crippen LogP contribution in [0.25, 0.3) is 0 Å². The molecule has 0 fully saturated rings. The van der Waals surface area contributed by atoms with Gasteiger partial charge in [-0.2, -0.15) is 0 Å². The number of hydrogen-bond donors (Lipinski definition) is 4. The second-order valence-corrected chi connectivity index (χ2v) is 4.24. The van der Waals surface area contributed by atoms with Crippen LogP contribution in [0.5, 0.6) is 0 Å². The molecule has 0 aliphatic rings. The summed E-state index contributed by atoms with van der Waals surface area (Å²) in [6, 6.07) is 0. The highest BCUT2D eigenvalue weighted by Crippen LogP contribution is 2.09. The molecule has 0 saturated carbocycles. The minimum atomic E-state index is -0.809. The van der Waals surface area contributed by atoms with Gasteiger partial charge in [-0.3, -0.25) is 9.59 Å². The van der Waals surface area contributed by atoms with Gasteiger partial charge in [0.1, 0.15) is 5.69 Å². The summed E-state index contributed by atoms with van der Waals surface area (Å²) in [5.41, 5.74) is -0.229. The number of carboxylic acids is 1. The highest BCUT2D eigenvalue weighted by molar-refractivity contribution is 5.91. The zero-order valence-electron chi connectivity index (χ0n) is 10.2. The molecular formula is C11H17N3O4. The molecule has 1 aromatic heterocycles. The highest BCUT2D eigenvalue weighted by atomic mass is 16.4. The summed E-state index contributed by atoms with van der Waals surface area (Å²) in [4.78, 5) is 37.4. The second kappa shape index (κ2) is 6.63. The third-order valence-corrected chi connectivity index (χ3v) is 2.61. The summed E-state index contributed by atoms with van der Waals surface area (Å²) in [6.45, 7) is 2.39. The van der Waals surface area contributed by atoms with E-state index >= 15 is 0 Å². The van der Waals surface area contributed by atoms with Gasteiger partial charge in [0.2, 0.25) is 0 Å². The maximum absolute atomic E-state index is 11.5. The maximum atomic E-state index is 11.5. The maximum Gasteiger partial charge on any atom is 0.323 e. The molecular weight excluding hydrogens is 238 g/mol. The Kier molecular flexibility index (Phi) is 5.16. The van der Waals surface area contributed by atoms with Crippen molar-refractivity contribution in [3.05, 3.63) is 22.4 Å². The number of aliphatic carboxylic acids is 1. The van der Waals surface area contributed by atoms with Crippen molar-refractivity contribution in [3.8, 4) is 0 Å². The summed E-state index contributed by atoms with van der Waals surface area (Å²) < 4.78 is 0. The fourth-order valence-electron chi connectivity index (χ4n) is 1.50. The Labute approximate surface area is 104 Å².